The fraction of sp³-hybridized carbons (Fsp3) is 0.304. The molecule has 0 bridgehead atoms. The molecule has 10 heteroatoms. The first-order chi connectivity index (χ1) is 15.3. The Hall–Kier alpha value is -1.54. The van der Waals surface area contributed by atoms with Gasteiger partial charge in [0.05, 0.1) is 21.0 Å². The van der Waals surface area contributed by atoms with E-state index >= 15 is 0 Å². The Morgan fingerprint density at radius 1 is 1.12 bits per heavy atom. The van der Waals surface area contributed by atoms with Crippen LogP contribution >= 0.6 is 50.7 Å². The van der Waals surface area contributed by atoms with Crippen molar-refractivity contribution in [3.05, 3.63) is 72.6 Å². The van der Waals surface area contributed by atoms with Crippen molar-refractivity contribution in [2.75, 3.05) is 6.54 Å². The first kappa shape index (κ1) is 27.7. The van der Waals surface area contributed by atoms with Gasteiger partial charge in [-0.05, 0) is 41.3 Å². The summed E-state index contributed by atoms with van der Waals surface area (Å²) in [5, 5.41) is 2.51. The van der Waals surface area contributed by atoms with Gasteiger partial charge in [0, 0.05) is 29.9 Å². The number of carbonyl (C=O) groups is 2. The van der Waals surface area contributed by atoms with E-state index in [2.05, 4.69) is 21.2 Å². The molecule has 1 amide bonds. The maximum absolute atomic E-state index is 13.7. The van der Waals surface area contributed by atoms with Gasteiger partial charge in [0.1, 0.15) is 0 Å². The maximum atomic E-state index is 13.7. The van der Waals surface area contributed by atoms with E-state index in [0.29, 0.717) is 22.1 Å². The van der Waals surface area contributed by atoms with Crippen molar-refractivity contribution in [2.45, 2.75) is 32.4 Å². The normalized spacial score (nSPS) is 13.7. The van der Waals surface area contributed by atoms with E-state index < -0.39 is 12.1 Å². The standard InChI is InChI=1S/C23H20BrCl3F3NO2/c1-12(11-31-13(2)32)7-21(33)16-5-3-14(8-18(16)24)4-6-17(23(28,29)30)15-9-19(25)22(27)20(26)10-15/h3-6,8-10,12,17H,7,11H2,1-2H3,(H,31,32)/b6-4+. The Balaban J connectivity index is 2.23. The highest BCUT2D eigenvalue weighted by atomic mass is 79.9. The summed E-state index contributed by atoms with van der Waals surface area (Å²) >= 11 is 21.0. The van der Waals surface area contributed by atoms with Crippen LogP contribution in [0.2, 0.25) is 15.1 Å². The number of Topliss-reactive ketones (excluding diaryl/α,β-unsaturated/α-hetero) is 1. The molecule has 0 aromatic heterocycles. The quantitative estimate of drug-likeness (QED) is 0.251. The van der Waals surface area contributed by atoms with Gasteiger partial charge in [0.25, 0.3) is 0 Å². The van der Waals surface area contributed by atoms with E-state index in [4.69, 9.17) is 34.8 Å². The summed E-state index contributed by atoms with van der Waals surface area (Å²) in [4.78, 5) is 23.6. The molecule has 3 nitrogen and oxygen atoms in total. The Kier molecular flexibility index (Phi) is 9.85. The number of carbonyl (C=O) groups excluding carboxylic acids is 2. The third-order valence-corrected chi connectivity index (χ3v) is 6.58. The lowest BCUT2D eigenvalue weighted by Gasteiger charge is -2.18. The number of hydrogen-bond acceptors (Lipinski definition) is 2. The van der Waals surface area contributed by atoms with Crippen LogP contribution in [-0.4, -0.2) is 24.4 Å². The van der Waals surface area contributed by atoms with Crippen LogP contribution in [0.1, 0.15) is 47.7 Å². The second-order valence-corrected chi connectivity index (χ2v) is 9.63. The average molecular weight is 586 g/mol. The van der Waals surface area contributed by atoms with Gasteiger partial charge in [-0.25, -0.2) is 0 Å². The van der Waals surface area contributed by atoms with Crippen molar-refractivity contribution >= 4 is 68.5 Å². The number of amides is 1. The van der Waals surface area contributed by atoms with Crippen molar-refractivity contribution in [1.29, 1.82) is 0 Å². The van der Waals surface area contributed by atoms with Gasteiger partial charge in [-0.3, -0.25) is 9.59 Å². The monoisotopic (exact) mass is 583 g/mol. The van der Waals surface area contributed by atoms with Gasteiger partial charge in [-0.1, -0.05) is 75.9 Å². The summed E-state index contributed by atoms with van der Waals surface area (Å²) < 4.78 is 41.6. The highest BCUT2D eigenvalue weighted by Gasteiger charge is 2.39. The van der Waals surface area contributed by atoms with Crippen LogP contribution in [0.4, 0.5) is 13.2 Å². The number of rotatable bonds is 8. The van der Waals surface area contributed by atoms with Crippen LogP contribution in [0.5, 0.6) is 0 Å². The fourth-order valence-corrected chi connectivity index (χ4v) is 4.28. The van der Waals surface area contributed by atoms with Crippen molar-refractivity contribution in [3.63, 3.8) is 0 Å². The van der Waals surface area contributed by atoms with Crippen LogP contribution in [0.3, 0.4) is 0 Å². The molecule has 0 aliphatic rings. The van der Waals surface area contributed by atoms with E-state index in [-0.39, 0.29) is 44.7 Å². The number of hydrogen-bond donors (Lipinski definition) is 1. The number of halogens is 7. The predicted molar refractivity (Wildman–Crippen MR) is 130 cm³/mol. The molecule has 0 saturated heterocycles. The molecule has 0 aliphatic heterocycles. The lowest BCUT2D eigenvalue weighted by atomic mass is 9.96. The first-order valence-electron chi connectivity index (χ1n) is 9.76. The highest BCUT2D eigenvalue weighted by molar-refractivity contribution is 9.10. The molecule has 0 saturated carbocycles. The van der Waals surface area contributed by atoms with Crippen LogP contribution in [0.25, 0.3) is 6.08 Å². The highest BCUT2D eigenvalue weighted by Crippen LogP contribution is 2.41. The second-order valence-electron chi connectivity index (χ2n) is 7.59. The van der Waals surface area contributed by atoms with Crippen LogP contribution in [0, 0.1) is 5.92 Å². The molecule has 2 atom stereocenters. The zero-order valence-corrected chi connectivity index (χ0v) is 21.4. The third-order valence-electron chi connectivity index (χ3n) is 4.73. The summed E-state index contributed by atoms with van der Waals surface area (Å²) in [6, 6.07) is 6.95. The lowest BCUT2D eigenvalue weighted by Crippen LogP contribution is -2.26. The molecule has 0 aliphatic carbocycles. The summed E-state index contributed by atoms with van der Waals surface area (Å²) in [6.07, 6.45) is -2.07. The topological polar surface area (TPSA) is 46.2 Å². The summed E-state index contributed by atoms with van der Waals surface area (Å²) in [5.74, 6) is -2.35. The van der Waals surface area contributed by atoms with Gasteiger partial charge in [0.15, 0.2) is 5.78 Å². The molecule has 0 spiro atoms. The zero-order valence-electron chi connectivity index (χ0n) is 17.6. The third kappa shape index (κ3) is 8.02. The minimum atomic E-state index is -4.59. The van der Waals surface area contributed by atoms with Crippen LogP contribution < -0.4 is 5.32 Å². The number of allylic oxidation sites excluding steroid dienone is 1. The van der Waals surface area contributed by atoms with Gasteiger partial charge in [0.2, 0.25) is 5.91 Å². The van der Waals surface area contributed by atoms with Gasteiger partial charge >= 0.3 is 6.18 Å². The first-order valence-corrected chi connectivity index (χ1v) is 11.7. The van der Waals surface area contributed by atoms with E-state index in [1.165, 1.54) is 13.0 Å². The van der Waals surface area contributed by atoms with Crippen molar-refractivity contribution < 1.29 is 22.8 Å². The van der Waals surface area contributed by atoms with Gasteiger partial charge in [-0.2, -0.15) is 13.2 Å². The molecule has 2 unspecified atom stereocenters. The molecule has 2 aromatic carbocycles. The number of nitrogens with one attached hydrogen (secondary N) is 1. The molecule has 0 fully saturated rings. The summed E-state index contributed by atoms with van der Waals surface area (Å²) in [5.41, 5.74) is 0.729. The Morgan fingerprint density at radius 2 is 1.73 bits per heavy atom. The molecular weight excluding hydrogens is 566 g/mol. The summed E-state index contributed by atoms with van der Waals surface area (Å²) in [6.45, 7) is 3.61. The SMILES string of the molecule is CC(=O)NCC(C)CC(=O)c1ccc(/C=C/C(c2cc(Cl)c(Cl)c(Cl)c2)C(F)(F)F)cc1Br. The molecule has 0 radical (unpaired) electrons. The number of alkyl halides is 3. The number of ketones is 1. The zero-order chi connectivity index (χ0) is 24.9. The second kappa shape index (κ2) is 11.7. The average Bonchev–Trinajstić information content (AvgIpc) is 2.69. The largest absolute Gasteiger partial charge is 0.399 e. The molecule has 1 N–H and O–H groups in total. The Bertz CT molecular complexity index is 1050. The fourth-order valence-electron chi connectivity index (χ4n) is 3.05. The van der Waals surface area contributed by atoms with Crippen LogP contribution in [0.15, 0.2) is 40.9 Å². The molecule has 2 rings (SSSR count). The lowest BCUT2D eigenvalue weighted by molar-refractivity contribution is -0.139. The van der Waals surface area contributed by atoms with Crippen LogP contribution in [-0.2, 0) is 4.79 Å². The van der Waals surface area contributed by atoms with Gasteiger partial charge < -0.3 is 5.32 Å². The van der Waals surface area contributed by atoms with E-state index in [1.54, 1.807) is 18.2 Å². The minimum absolute atomic E-state index is 0.0115. The molecule has 0 heterocycles. The summed E-state index contributed by atoms with van der Waals surface area (Å²) in [7, 11) is 0. The van der Waals surface area contributed by atoms with Crippen molar-refractivity contribution in [2.24, 2.45) is 5.92 Å². The van der Waals surface area contributed by atoms with Crippen molar-refractivity contribution in [1.82, 2.24) is 5.32 Å². The number of benzene rings is 2. The predicted octanol–water partition coefficient (Wildman–Crippen LogP) is 8.11. The Morgan fingerprint density at radius 3 is 2.24 bits per heavy atom. The molecule has 2 aromatic rings. The molecular formula is C23H20BrCl3F3NO2. The smallest absolute Gasteiger partial charge is 0.356 e. The molecule has 178 valence electrons. The van der Waals surface area contributed by atoms with Gasteiger partial charge in [-0.15, -0.1) is 0 Å². The van der Waals surface area contributed by atoms with E-state index in [9.17, 15) is 22.8 Å². The maximum Gasteiger partial charge on any atom is 0.399 e. The van der Waals surface area contributed by atoms with E-state index in [1.807, 2.05) is 6.92 Å². The van der Waals surface area contributed by atoms with E-state index in [0.717, 1.165) is 18.2 Å². The van der Waals surface area contributed by atoms with Crippen molar-refractivity contribution in [3.8, 4) is 0 Å². The minimum Gasteiger partial charge on any atom is -0.356 e. The Labute approximate surface area is 213 Å². The molecule has 33 heavy (non-hydrogen) atoms.